The van der Waals surface area contributed by atoms with Crippen LogP contribution in [0.4, 0.5) is 0 Å². The number of ether oxygens (including phenoxy) is 1. The third-order valence-corrected chi connectivity index (χ3v) is 9.47. The molecule has 0 aromatic heterocycles. The first kappa shape index (κ1) is 35.3. The number of nitrogens with one attached hydrogen (secondary N) is 2. The fraction of sp³-hybridized carbons (Fsp3) is 0.297. The lowest BCUT2D eigenvalue weighted by molar-refractivity contribution is -0.136. The van der Waals surface area contributed by atoms with Crippen LogP contribution in [-0.2, 0) is 26.0 Å². The van der Waals surface area contributed by atoms with Gasteiger partial charge in [0.05, 0.1) is 17.4 Å². The first-order valence-electron chi connectivity index (χ1n) is 15.4. The van der Waals surface area contributed by atoms with E-state index < -0.39 is 22.1 Å². The number of benzene rings is 4. The summed E-state index contributed by atoms with van der Waals surface area (Å²) in [6, 6.07) is 27.8. The van der Waals surface area contributed by atoms with Gasteiger partial charge in [-0.25, -0.2) is 8.42 Å². The van der Waals surface area contributed by atoms with Crippen LogP contribution < -0.4 is 10.6 Å². The summed E-state index contributed by atoms with van der Waals surface area (Å²) >= 11 is 0. The Bertz CT molecular complexity index is 1880. The number of sulfonamides is 1. The molecule has 10 heteroatoms. The Labute approximate surface area is 277 Å². The number of carbonyl (C=O) groups is 2. The predicted molar refractivity (Wildman–Crippen MR) is 184 cm³/mol. The van der Waals surface area contributed by atoms with Gasteiger partial charge in [-0.1, -0.05) is 72.7 Å². The molecule has 4 aromatic rings. The number of hydrogen-bond acceptors (Lipinski definition) is 7. The highest BCUT2D eigenvalue weighted by Crippen LogP contribution is 2.25. The summed E-state index contributed by atoms with van der Waals surface area (Å²) in [6.45, 7) is 5.91. The first-order valence-corrected chi connectivity index (χ1v) is 16.8. The van der Waals surface area contributed by atoms with E-state index in [9.17, 15) is 23.1 Å². The van der Waals surface area contributed by atoms with E-state index >= 15 is 0 Å². The van der Waals surface area contributed by atoms with E-state index in [2.05, 4.69) is 71.6 Å². The minimum absolute atomic E-state index is 0.00811. The van der Waals surface area contributed by atoms with E-state index in [1.165, 1.54) is 29.4 Å². The average molecular weight is 656 g/mol. The summed E-state index contributed by atoms with van der Waals surface area (Å²) in [6.07, 6.45) is 2.02. The van der Waals surface area contributed by atoms with E-state index in [0.717, 1.165) is 16.3 Å². The van der Waals surface area contributed by atoms with Gasteiger partial charge >= 0.3 is 5.97 Å². The number of rotatable bonds is 14. The Hall–Kier alpha value is -4.53. The van der Waals surface area contributed by atoms with E-state index in [-0.39, 0.29) is 42.4 Å². The second-order valence-electron chi connectivity index (χ2n) is 12.0. The molecule has 3 N–H and O–H groups in total. The molecule has 0 bridgehead atoms. The number of hydrogen-bond donors (Lipinski definition) is 3. The van der Waals surface area contributed by atoms with E-state index in [0.29, 0.717) is 11.1 Å². The van der Waals surface area contributed by atoms with Gasteiger partial charge in [0.15, 0.2) is 0 Å². The summed E-state index contributed by atoms with van der Waals surface area (Å²) in [5.41, 5.74) is 2.61. The largest absolute Gasteiger partial charge is 0.390 e. The van der Waals surface area contributed by atoms with Gasteiger partial charge in [-0.2, -0.15) is 4.31 Å². The lowest BCUT2D eigenvalue weighted by atomic mass is 9.93. The first-order chi connectivity index (χ1) is 22.4. The normalized spacial score (nSPS) is 12.3. The van der Waals surface area contributed by atoms with Gasteiger partial charge in [-0.3, -0.25) is 9.59 Å². The van der Waals surface area contributed by atoms with Crippen LogP contribution in [0.3, 0.4) is 0 Å². The number of fused-ring (bicyclic) bond motifs is 1. The molecule has 47 heavy (non-hydrogen) atoms. The van der Waals surface area contributed by atoms with Gasteiger partial charge in [-0.15, -0.1) is 0 Å². The van der Waals surface area contributed by atoms with Crippen LogP contribution in [-0.4, -0.2) is 68.0 Å². The average Bonchev–Trinajstić information content (AvgIpc) is 3.06. The SMILES string of the molecule is CC#COC(=O)CCNC(=O)c1ccc(-c2cccc(S(=O)(=O)N(C)C[C@H](O)CNC(C)(C)Cc3ccc4ccccc4c3)c2)cc1. The standard InChI is InChI=1S/C37H41N3O6S/c1-5-21-46-35(42)19-20-38-36(43)30-17-15-29(16-18-30)32-11-8-12-34(23-32)47(44,45)40(4)26-33(41)25-39-37(2,3)24-27-13-14-28-9-6-7-10-31(28)22-27/h6-18,22-23,33,39,41H,19-20,24-26H2,1-4H3,(H,38,43)/t33-/m1/s1. The van der Waals surface area contributed by atoms with Gasteiger partial charge in [0.1, 0.15) is 6.11 Å². The van der Waals surface area contributed by atoms with Crippen molar-refractivity contribution in [2.75, 3.05) is 26.7 Å². The third kappa shape index (κ3) is 9.98. The number of carbonyl (C=O) groups excluding carboxylic acids is 2. The van der Waals surface area contributed by atoms with E-state index in [4.69, 9.17) is 0 Å². The number of esters is 1. The molecule has 0 saturated heterocycles. The summed E-state index contributed by atoms with van der Waals surface area (Å²) < 4.78 is 32.7. The van der Waals surface area contributed by atoms with Crippen LogP contribution in [0.15, 0.2) is 95.9 Å². The Kier molecular flexibility index (Phi) is 11.9. The molecule has 0 radical (unpaired) electrons. The molecule has 0 unspecified atom stereocenters. The lowest BCUT2D eigenvalue weighted by Gasteiger charge is -2.29. The molecule has 0 saturated carbocycles. The van der Waals surface area contributed by atoms with Crippen molar-refractivity contribution in [3.8, 4) is 23.2 Å². The number of aliphatic hydroxyl groups excluding tert-OH is 1. The summed E-state index contributed by atoms with van der Waals surface area (Å²) in [5, 5.41) is 19.2. The fourth-order valence-corrected chi connectivity index (χ4v) is 6.40. The highest BCUT2D eigenvalue weighted by Gasteiger charge is 2.25. The number of amides is 1. The van der Waals surface area contributed by atoms with Gasteiger partial charge < -0.3 is 20.5 Å². The van der Waals surface area contributed by atoms with Gasteiger partial charge in [0.2, 0.25) is 10.0 Å². The molecule has 0 aliphatic rings. The van der Waals surface area contributed by atoms with Crippen molar-refractivity contribution in [2.45, 2.75) is 50.2 Å². The lowest BCUT2D eigenvalue weighted by Crippen LogP contribution is -2.47. The molecule has 0 fully saturated rings. The molecular formula is C37H41N3O6S. The van der Waals surface area contributed by atoms with Crippen molar-refractivity contribution >= 4 is 32.7 Å². The molecule has 1 atom stereocenters. The van der Waals surface area contributed by atoms with E-state index in [1.807, 2.05) is 12.1 Å². The molecule has 4 aromatic carbocycles. The van der Waals surface area contributed by atoms with Crippen LogP contribution in [0.5, 0.6) is 0 Å². The molecule has 0 heterocycles. The highest BCUT2D eigenvalue weighted by atomic mass is 32.2. The predicted octanol–water partition coefficient (Wildman–Crippen LogP) is 4.74. The summed E-state index contributed by atoms with van der Waals surface area (Å²) in [5.74, 6) is 1.57. The van der Waals surface area contributed by atoms with Crippen molar-refractivity contribution in [2.24, 2.45) is 0 Å². The van der Waals surface area contributed by atoms with Crippen LogP contribution in [0.2, 0.25) is 0 Å². The topological polar surface area (TPSA) is 125 Å². The monoisotopic (exact) mass is 655 g/mol. The molecular weight excluding hydrogens is 614 g/mol. The zero-order valence-electron chi connectivity index (χ0n) is 27.1. The van der Waals surface area contributed by atoms with Gasteiger partial charge in [0, 0.05) is 44.7 Å². The van der Waals surface area contributed by atoms with Crippen molar-refractivity contribution in [1.82, 2.24) is 14.9 Å². The summed E-state index contributed by atoms with van der Waals surface area (Å²) in [7, 11) is -2.44. The second kappa shape index (κ2) is 15.8. The third-order valence-electron chi connectivity index (χ3n) is 7.65. The quantitative estimate of drug-likeness (QED) is 0.132. The minimum Gasteiger partial charge on any atom is -0.390 e. The molecule has 9 nitrogen and oxygen atoms in total. The zero-order valence-corrected chi connectivity index (χ0v) is 27.9. The van der Waals surface area contributed by atoms with E-state index in [1.54, 1.807) is 49.4 Å². The molecule has 0 aliphatic carbocycles. The Morgan fingerprint density at radius 2 is 1.66 bits per heavy atom. The molecule has 246 valence electrons. The maximum absolute atomic E-state index is 13.5. The Morgan fingerprint density at radius 1 is 0.936 bits per heavy atom. The maximum Gasteiger partial charge on any atom is 0.321 e. The van der Waals surface area contributed by atoms with Crippen molar-refractivity contribution < 1.29 is 27.9 Å². The second-order valence-corrected chi connectivity index (χ2v) is 14.0. The molecule has 4 rings (SSSR count). The molecule has 0 aliphatic heterocycles. The van der Waals surface area contributed by atoms with Gasteiger partial charge in [0.25, 0.3) is 5.91 Å². The smallest absolute Gasteiger partial charge is 0.321 e. The van der Waals surface area contributed by atoms with Crippen LogP contribution in [0.1, 0.15) is 43.1 Å². The van der Waals surface area contributed by atoms with Crippen molar-refractivity contribution in [3.63, 3.8) is 0 Å². The number of nitrogens with zero attached hydrogens (tertiary/aromatic N) is 1. The Balaban J connectivity index is 1.32. The minimum atomic E-state index is -3.90. The van der Waals surface area contributed by atoms with Crippen molar-refractivity contribution in [3.05, 3.63) is 102 Å². The number of likely N-dealkylation sites (N-methyl/N-ethyl adjacent to an activating group) is 1. The van der Waals surface area contributed by atoms with Crippen molar-refractivity contribution in [1.29, 1.82) is 0 Å². The van der Waals surface area contributed by atoms with Gasteiger partial charge in [-0.05, 0) is 72.0 Å². The zero-order chi connectivity index (χ0) is 34.0. The van der Waals surface area contributed by atoms with Crippen LogP contribution >= 0.6 is 0 Å². The number of aliphatic hydroxyl groups is 1. The Morgan fingerprint density at radius 3 is 2.38 bits per heavy atom. The number of β-amino-alcohol motifs (C(OH)–C–C–N with tert-alkyl or cyclic N) is 1. The van der Waals surface area contributed by atoms with Crippen LogP contribution in [0.25, 0.3) is 21.9 Å². The fourth-order valence-electron chi connectivity index (χ4n) is 5.14. The maximum atomic E-state index is 13.5. The molecule has 1 amide bonds. The summed E-state index contributed by atoms with van der Waals surface area (Å²) in [4.78, 5) is 24.1. The van der Waals surface area contributed by atoms with Crippen LogP contribution in [0, 0.1) is 12.0 Å². The molecule has 0 spiro atoms. The highest BCUT2D eigenvalue weighted by molar-refractivity contribution is 7.89.